The minimum atomic E-state index is -3.92. The normalized spacial score (nSPS) is 17.8. The molecule has 1 heterocycles. The number of nitrogens with zero attached hydrogens (tertiary/aromatic N) is 2. The van der Waals surface area contributed by atoms with Gasteiger partial charge in [0, 0.05) is 30.0 Å². The van der Waals surface area contributed by atoms with Gasteiger partial charge in [-0.25, -0.2) is 12.7 Å². The van der Waals surface area contributed by atoms with Crippen LogP contribution in [0.2, 0.25) is 0 Å². The average Bonchev–Trinajstić information content (AvgIpc) is 3.08. The molecule has 1 fully saturated rings. The number of carbonyl (C=O) groups is 3. The number of halogens is 1. The Hall–Kier alpha value is -2.72. The Morgan fingerprint density at radius 2 is 1.84 bits per heavy atom. The van der Waals surface area contributed by atoms with E-state index in [1.165, 1.54) is 23.5 Å². The predicted molar refractivity (Wildman–Crippen MR) is 143 cm³/mol. The lowest BCUT2D eigenvalue weighted by atomic mass is 9.95. The second-order valence-corrected chi connectivity index (χ2v) is 12.4. The Balaban J connectivity index is 1.43. The van der Waals surface area contributed by atoms with E-state index in [9.17, 15) is 22.8 Å². The van der Waals surface area contributed by atoms with Crippen LogP contribution in [0.25, 0.3) is 0 Å². The zero-order valence-electron chi connectivity index (χ0n) is 20.9. The third-order valence-corrected chi connectivity index (χ3v) is 9.36. The van der Waals surface area contributed by atoms with Gasteiger partial charge in [-0.2, -0.15) is 0 Å². The molecule has 1 aliphatic heterocycles. The molecule has 1 unspecified atom stereocenters. The summed E-state index contributed by atoms with van der Waals surface area (Å²) >= 11 is 3.45. The molecule has 37 heavy (non-hydrogen) atoms. The van der Waals surface area contributed by atoms with Gasteiger partial charge in [0.25, 0.3) is 15.9 Å². The van der Waals surface area contributed by atoms with E-state index in [1.807, 2.05) is 24.3 Å². The SMILES string of the molecule is CC(C(=O)NC1CCCCC1)N(Cc1cccc(Br)c1)C(=O)CCCN1C(=O)c2ccccc2S1(=O)=O. The molecule has 4 rings (SSSR count). The fourth-order valence-corrected chi connectivity index (χ4v) is 7.01. The van der Waals surface area contributed by atoms with Crippen LogP contribution in [0.15, 0.2) is 57.9 Å². The zero-order chi connectivity index (χ0) is 26.6. The van der Waals surface area contributed by atoms with Gasteiger partial charge in [0.05, 0.1) is 5.56 Å². The Morgan fingerprint density at radius 3 is 2.54 bits per heavy atom. The van der Waals surface area contributed by atoms with Crippen molar-refractivity contribution in [1.29, 1.82) is 0 Å². The van der Waals surface area contributed by atoms with E-state index in [4.69, 9.17) is 0 Å². The molecule has 1 aliphatic carbocycles. The van der Waals surface area contributed by atoms with Gasteiger partial charge in [0.2, 0.25) is 11.8 Å². The van der Waals surface area contributed by atoms with Crippen LogP contribution >= 0.6 is 15.9 Å². The van der Waals surface area contributed by atoms with Crippen molar-refractivity contribution in [1.82, 2.24) is 14.5 Å². The maximum absolute atomic E-state index is 13.4. The van der Waals surface area contributed by atoms with Gasteiger partial charge in [-0.05, 0) is 56.0 Å². The summed E-state index contributed by atoms with van der Waals surface area (Å²) in [6.45, 7) is 1.86. The maximum atomic E-state index is 13.4. The average molecular weight is 591 g/mol. The first-order valence-corrected chi connectivity index (χ1v) is 14.9. The second kappa shape index (κ2) is 11.8. The highest BCUT2D eigenvalue weighted by Crippen LogP contribution is 2.30. The van der Waals surface area contributed by atoms with Gasteiger partial charge in [-0.1, -0.05) is 59.5 Å². The van der Waals surface area contributed by atoms with Crippen molar-refractivity contribution in [3.63, 3.8) is 0 Å². The topological polar surface area (TPSA) is 104 Å². The molecule has 2 aromatic rings. The van der Waals surface area contributed by atoms with E-state index in [2.05, 4.69) is 21.2 Å². The van der Waals surface area contributed by atoms with Gasteiger partial charge in [-0.3, -0.25) is 14.4 Å². The first-order valence-electron chi connectivity index (χ1n) is 12.7. The molecule has 0 spiro atoms. The predicted octanol–water partition coefficient (Wildman–Crippen LogP) is 4.24. The van der Waals surface area contributed by atoms with Crippen molar-refractivity contribution < 1.29 is 22.8 Å². The molecule has 8 nitrogen and oxygen atoms in total. The van der Waals surface area contributed by atoms with Crippen LogP contribution < -0.4 is 5.32 Å². The number of carbonyl (C=O) groups excluding carboxylic acids is 3. The molecule has 0 bridgehead atoms. The van der Waals surface area contributed by atoms with E-state index in [0.717, 1.165) is 40.0 Å². The van der Waals surface area contributed by atoms with E-state index >= 15 is 0 Å². The molecule has 0 saturated heterocycles. The zero-order valence-corrected chi connectivity index (χ0v) is 23.3. The summed E-state index contributed by atoms with van der Waals surface area (Å²) in [6.07, 6.45) is 5.39. The van der Waals surface area contributed by atoms with Crippen LogP contribution in [0.5, 0.6) is 0 Å². The first-order chi connectivity index (χ1) is 17.7. The highest BCUT2D eigenvalue weighted by atomic mass is 79.9. The van der Waals surface area contributed by atoms with Crippen LogP contribution in [0.3, 0.4) is 0 Å². The lowest BCUT2D eigenvalue weighted by Crippen LogP contribution is -2.50. The Kier molecular flexibility index (Phi) is 8.69. The Labute approximate surface area is 226 Å². The Morgan fingerprint density at radius 1 is 1.11 bits per heavy atom. The molecule has 198 valence electrons. The number of hydrogen-bond acceptors (Lipinski definition) is 5. The first kappa shape index (κ1) is 27.3. The molecule has 0 aromatic heterocycles. The molecule has 10 heteroatoms. The summed E-state index contributed by atoms with van der Waals surface area (Å²) in [5, 5.41) is 3.10. The van der Waals surface area contributed by atoms with E-state index in [1.54, 1.807) is 19.1 Å². The van der Waals surface area contributed by atoms with Gasteiger partial charge < -0.3 is 10.2 Å². The van der Waals surface area contributed by atoms with Crippen LogP contribution in [0, 0.1) is 0 Å². The van der Waals surface area contributed by atoms with Crippen molar-refractivity contribution in [3.05, 3.63) is 64.1 Å². The second-order valence-electron chi connectivity index (χ2n) is 9.65. The third-order valence-electron chi connectivity index (χ3n) is 7.02. The summed E-state index contributed by atoms with van der Waals surface area (Å²) in [7, 11) is -3.92. The quantitative estimate of drug-likeness (QED) is 0.471. The van der Waals surface area contributed by atoms with Crippen LogP contribution in [0.4, 0.5) is 0 Å². The van der Waals surface area contributed by atoms with Crippen LogP contribution in [0.1, 0.15) is 67.8 Å². The molecule has 2 aromatic carbocycles. The molecule has 3 amide bonds. The van der Waals surface area contributed by atoms with Crippen molar-refractivity contribution >= 4 is 43.7 Å². The molecule has 1 saturated carbocycles. The summed E-state index contributed by atoms with van der Waals surface area (Å²) in [5.41, 5.74) is 1.02. The number of sulfonamides is 1. The lowest BCUT2D eigenvalue weighted by Gasteiger charge is -2.31. The number of amides is 3. The Bertz CT molecular complexity index is 1280. The van der Waals surface area contributed by atoms with Crippen LogP contribution in [-0.2, 0) is 26.2 Å². The standard InChI is InChI=1S/C27H32BrN3O5S/c1-19(26(33)29-22-11-3-2-4-12-22)30(18-20-9-7-10-21(28)17-20)25(32)15-8-16-31-27(34)23-13-5-6-14-24(23)37(31,35)36/h5-7,9-10,13-14,17,19,22H,2-4,8,11-12,15-16,18H2,1H3,(H,29,33). The summed E-state index contributed by atoms with van der Waals surface area (Å²) in [4.78, 5) is 40.7. The number of benzene rings is 2. The number of hydrogen-bond donors (Lipinski definition) is 1. The number of rotatable bonds is 9. The van der Waals surface area contributed by atoms with Crippen LogP contribution in [-0.4, -0.2) is 54.0 Å². The fraction of sp³-hybridized carbons (Fsp3) is 0.444. The minimum absolute atomic E-state index is 0.00406. The van der Waals surface area contributed by atoms with Crippen molar-refractivity contribution in [2.24, 2.45) is 0 Å². The van der Waals surface area contributed by atoms with Gasteiger partial charge >= 0.3 is 0 Å². The largest absolute Gasteiger partial charge is 0.352 e. The maximum Gasteiger partial charge on any atom is 0.269 e. The highest BCUT2D eigenvalue weighted by Gasteiger charge is 2.40. The van der Waals surface area contributed by atoms with Crippen molar-refractivity contribution in [2.45, 2.75) is 75.4 Å². The van der Waals surface area contributed by atoms with E-state index < -0.39 is 22.0 Å². The third kappa shape index (κ3) is 6.23. The monoisotopic (exact) mass is 589 g/mol. The molecular formula is C27H32BrN3O5S. The van der Waals surface area contributed by atoms with Gasteiger partial charge in [0.1, 0.15) is 10.9 Å². The van der Waals surface area contributed by atoms with Crippen molar-refractivity contribution in [2.75, 3.05) is 6.54 Å². The molecule has 2 aliphatic rings. The molecule has 1 N–H and O–H groups in total. The summed E-state index contributed by atoms with van der Waals surface area (Å²) in [6, 6.07) is 13.1. The fourth-order valence-electron chi connectivity index (χ4n) is 4.95. The smallest absolute Gasteiger partial charge is 0.269 e. The molecule has 0 radical (unpaired) electrons. The summed E-state index contributed by atoms with van der Waals surface area (Å²) in [5.74, 6) is -1.04. The minimum Gasteiger partial charge on any atom is -0.352 e. The lowest BCUT2D eigenvalue weighted by molar-refractivity contribution is -0.141. The highest BCUT2D eigenvalue weighted by molar-refractivity contribution is 9.10. The van der Waals surface area contributed by atoms with E-state index in [0.29, 0.717) is 0 Å². The van der Waals surface area contributed by atoms with Crippen molar-refractivity contribution in [3.8, 4) is 0 Å². The number of fused-ring (bicyclic) bond motifs is 1. The summed E-state index contributed by atoms with van der Waals surface area (Å²) < 4.78 is 27.3. The number of nitrogens with one attached hydrogen (secondary N) is 1. The molecule has 1 atom stereocenters. The van der Waals surface area contributed by atoms with Gasteiger partial charge in [0.15, 0.2) is 0 Å². The van der Waals surface area contributed by atoms with E-state index in [-0.39, 0.29) is 54.2 Å². The van der Waals surface area contributed by atoms with Gasteiger partial charge in [-0.15, -0.1) is 0 Å². The molecular weight excluding hydrogens is 558 g/mol.